The number of hydrogen-bond acceptors (Lipinski definition) is 4. The van der Waals surface area contributed by atoms with Crippen molar-refractivity contribution in [3.8, 4) is 11.5 Å². The Morgan fingerprint density at radius 2 is 1.77 bits per heavy atom. The molecule has 5 nitrogen and oxygen atoms in total. The van der Waals surface area contributed by atoms with Crippen molar-refractivity contribution in [1.82, 2.24) is 0 Å². The van der Waals surface area contributed by atoms with Crippen LogP contribution in [0.25, 0.3) is 10.8 Å². The van der Waals surface area contributed by atoms with Gasteiger partial charge in [0.15, 0.2) is 0 Å². The summed E-state index contributed by atoms with van der Waals surface area (Å²) in [6.45, 7) is 0.0644. The molecule has 0 aromatic heterocycles. The van der Waals surface area contributed by atoms with Gasteiger partial charge in [0, 0.05) is 17.5 Å². The molecule has 0 aliphatic carbocycles. The fourth-order valence-corrected chi connectivity index (χ4v) is 2.32. The summed E-state index contributed by atoms with van der Waals surface area (Å²) in [7, 11) is 0. The van der Waals surface area contributed by atoms with Gasteiger partial charge in [-0.15, -0.1) is 0 Å². The first-order valence-corrected chi connectivity index (χ1v) is 6.72. The summed E-state index contributed by atoms with van der Waals surface area (Å²) in [4.78, 5) is 10.5. The number of para-hydroxylation sites is 1. The van der Waals surface area contributed by atoms with Crippen molar-refractivity contribution in [2.45, 2.75) is 6.61 Å². The Hall–Kier alpha value is -3.08. The third-order valence-corrected chi connectivity index (χ3v) is 3.40. The third-order valence-electron chi connectivity index (χ3n) is 3.40. The molecule has 0 fully saturated rings. The Kier molecular flexibility index (Phi) is 3.62. The number of nitro groups is 1. The maximum Gasteiger partial charge on any atom is 0.276 e. The SMILES string of the molecule is O=[N+]([O-])c1ccccc1COc1cc(O)c2ccccc2c1. The van der Waals surface area contributed by atoms with Gasteiger partial charge in [0.2, 0.25) is 0 Å². The number of hydrogen-bond donors (Lipinski definition) is 1. The van der Waals surface area contributed by atoms with Gasteiger partial charge >= 0.3 is 0 Å². The molecule has 0 amide bonds. The molecule has 1 N–H and O–H groups in total. The van der Waals surface area contributed by atoms with Crippen LogP contribution < -0.4 is 4.74 Å². The van der Waals surface area contributed by atoms with Crippen LogP contribution in [0.1, 0.15) is 5.56 Å². The zero-order chi connectivity index (χ0) is 15.5. The quantitative estimate of drug-likeness (QED) is 0.582. The molecule has 0 heterocycles. The second-order valence-electron chi connectivity index (χ2n) is 4.84. The van der Waals surface area contributed by atoms with Crippen molar-refractivity contribution in [3.63, 3.8) is 0 Å². The Morgan fingerprint density at radius 3 is 2.59 bits per heavy atom. The molecule has 0 spiro atoms. The van der Waals surface area contributed by atoms with Crippen LogP contribution in [0.15, 0.2) is 60.7 Å². The minimum Gasteiger partial charge on any atom is -0.507 e. The van der Waals surface area contributed by atoms with Gasteiger partial charge in [-0.25, -0.2) is 0 Å². The molecule has 3 rings (SSSR count). The summed E-state index contributed by atoms with van der Waals surface area (Å²) in [5.74, 6) is 0.588. The first-order chi connectivity index (χ1) is 10.6. The molecule has 0 aliphatic rings. The molecule has 0 saturated carbocycles. The van der Waals surface area contributed by atoms with E-state index in [0.717, 1.165) is 10.8 Å². The van der Waals surface area contributed by atoms with Gasteiger partial charge < -0.3 is 9.84 Å². The van der Waals surface area contributed by atoms with Crippen molar-refractivity contribution in [1.29, 1.82) is 0 Å². The van der Waals surface area contributed by atoms with Crippen molar-refractivity contribution >= 4 is 16.5 Å². The van der Waals surface area contributed by atoms with Crippen LogP contribution in [0.3, 0.4) is 0 Å². The molecule has 110 valence electrons. The number of rotatable bonds is 4. The Balaban J connectivity index is 1.87. The predicted molar refractivity (Wildman–Crippen MR) is 83.0 cm³/mol. The van der Waals surface area contributed by atoms with E-state index >= 15 is 0 Å². The number of benzene rings is 3. The fraction of sp³-hybridized carbons (Fsp3) is 0.0588. The highest BCUT2D eigenvalue weighted by molar-refractivity contribution is 5.89. The van der Waals surface area contributed by atoms with E-state index in [9.17, 15) is 15.2 Å². The minimum atomic E-state index is -0.434. The number of aromatic hydroxyl groups is 1. The van der Waals surface area contributed by atoms with Crippen LogP contribution in [0.2, 0.25) is 0 Å². The summed E-state index contributed by atoms with van der Waals surface area (Å²) < 4.78 is 5.61. The second-order valence-corrected chi connectivity index (χ2v) is 4.84. The summed E-state index contributed by atoms with van der Waals surface area (Å²) in [6, 6.07) is 17.1. The highest BCUT2D eigenvalue weighted by atomic mass is 16.6. The number of phenols is 1. The molecule has 0 unspecified atom stereocenters. The van der Waals surface area contributed by atoms with E-state index in [4.69, 9.17) is 4.74 Å². The molecule has 3 aromatic carbocycles. The van der Waals surface area contributed by atoms with Gasteiger partial charge in [-0.2, -0.15) is 0 Å². The largest absolute Gasteiger partial charge is 0.507 e. The molecule has 5 heteroatoms. The monoisotopic (exact) mass is 295 g/mol. The summed E-state index contributed by atoms with van der Waals surface area (Å²) in [6.07, 6.45) is 0. The number of nitrogens with zero attached hydrogens (tertiary/aromatic N) is 1. The van der Waals surface area contributed by atoms with Crippen LogP contribution in [0, 0.1) is 10.1 Å². The van der Waals surface area contributed by atoms with Crippen molar-refractivity contribution in [3.05, 3.63) is 76.3 Å². The minimum absolute atomic E-state index is 0.0208. The lowest BCUT2D eigenvalue weighted by Crippen LogP contribution is -2.00. The van der Waals surface area contributed by atoms with Gasteiger partial charge in [-0.1, -0.05) is 36.4 Å². The third kappa shape index (κ3) is 2.69. The smallest absolute Gasteiger partial charge is 0.276 e. The van der Waals surface area contributed by atoms with E-state index in [1.54, 1.807) is 24.3 Å². The molecular formula is C17H13NO4. The number of fused-ring (bicyclic) bond motifs is 1. The zero-order valence-corrected chi connectivity index (χ0v) is 11.6. The van der Waals surface area contributed by atoms with E-state index in [0.29, 0.717) is 11.3 Å². The lowest BCUT2D eigenvalue weighted by atomic mass is 10.1. The molecule has 3 aromatic rings. The van der Waals surface area contributed by atoms with E-state index in [1.165, 1.54) is 12.1 Å². The molecule has 0 atom stereocenters. The highest BCUT2D eigenvalue weighted by Crippen LogP contribution is 2.31. The molecular weight excluding hydrogens is 282 g/mol. The van der Waals surface area contributed by atoms with Crippen molar-refractivity contribution in [2.75, 3.05) is 0 Å². The summed E-state index contributed by atoms with van der Waals surface area (Å²) in [5, 5.41) is 22.6. The van der Waals surface area contributed by atoms with Crippen LogP contribution in [0.5, 0.6) is 11.5 Å². The van der Waals surface area contributed by atoms with E-state index in [-0.39, 0.29) is 18.0 Å². The Morgan fingerprint density at radius 1 is 1.05 bits per heavy atom. The summed E-state index contributed by atoms with van der Waals surface area (Å²) in [5.41, 5.74) is 0.507. The standard InChI is InChI=1S/C17H13NO4/c19-17-10-14(9-12-5-1-3-7-15(12)17)22-11-13-6-2-4-8-16(13)18(20)21/h1-10,19H,11H2. The second kappa shape index (κ2) is 5.73. The fourth-order valence-electron chi connectivity index (χ4n) is 2.32. The van der Waals surface area contributed by atoms with Gasteiger partial charge in [0.1, 0.15) is 18.1 Å². The van der Waals surface area contributed by atoms with Crippen LogP contribution >= 0.6 is 0 Å². The lowest BCUT2D eigenvalue weighted by Gasteiger charge is -2.09. The molecule has 0 bridgehead atoms. The van der Waals surface area contributed by atoms with Crippen LogP contribution in [-0.2, 0) is 6.61 Å². The molecule has 0 saturated heterocycles. The van der Waals surface area contributed by atoms with Gasteiger partial charge in [-0.05, 0) is 17.5 Å². The van der Waals surface area contributed by atoms with Crippen molar-refractivity contribution in [2.24, 2.45) is 0 Å². The predicted octanol–water partition coefficient (Wildman–Crippen LogP) is 4.03. The lowest BCUT2D eigenvalue weighted by molar-refractivity contribution is -0.385. The van der Waals surface area contributed by atoms with Gasteiger partial charge in [0.25, 0.3) is 5.69 Å². The van der Waals surface area contributed by atoms with E-state index in [1.807, 2.05) is 24.3 Å². The van der Waals surface area contributed by atoms with Crippen LogP contribution in [0.4, 0.5) is 5.69 Å². The summed E-state index contributed by atoms with van der Waals surface area (Å²) >= 11 is 0. The first kappa shape index (κ1) is 13.9. The average Bonchev–Trinajstić information content (AvgIpc) is 2.53. The number of nitro benzene ring substituents is 1. The normalized spacial score (nSPS) is 10.5. The molecule has 0 radical (unpaired) electrons. The Labute approximate surface area is 126 Å². The van der Waals surface area contributed by atoms with Gasteiger partial charge in [-0.3, -0.25) is 10.1 Å². The van der Waals surface area contributed by atoms with Crippen molar-refractivity contribution < 1.29 is 14.8 Å². The maximum atomic E-state index is 11.0. The topological polar surface area (TPSA) is 72.6 Å². The van der Waals surface area contributed by atoms with E-state index < -0.39 is 4.92 Å². The maximum absolute atomic E-state index is 11.0. The van der Waals surface area contributed by atoms with E-state index in [2.05, 4.69) is 0 Å². The Bertz CT molecular complexity index is 845. The number of ether oxygens (including phenoxy) is 1. The number of phenolic OH excluding ortho intramolecular Hbond substituents is 1. The highest BCUT2D eigenvalue weighted by Gasteiger charge is 2.13. The average molecular weight is 295 g/mol. The molecule has 22 heavy (non-hydrogen) atoms. The molecule has 0 aliphatic heterocycles. The zero-order valence-electron chi connectivity index (χ0n) is 11.6. The van der Waals surface area contributed by atoms with Crippen LogP contribution in [-0.4, -0.2) is 10.0 Å². The van der Waals surface area contributed by atoms with Gasteiger partial charge in [0.05, 0.1) is 10.5 Å². The first-order valence-electron chi connectivity index (χ1n) is 6.72.